The second-order valence-corrected chi connectivity index (χ2v) is 3.88. The van der Waals surface area contributed by atoms with E-state index in [-0.39, 0.29) is 6.10 Å². The molecule has 0 saturated carbocycles. The van der Waals surface area contributed by atoms with Gasteiger partial charge >= 0.3 is 0 Å². The van der Waals surface area contributed by atoms with Crippen LogP contribution in [0.1, 0.15) is 24.8 Å². The maximum atomic E-state index is 5.76. The number of benzene rings is 1. The molecular formula is C15H20O. The van der Waals surface area contributed by atoms with Gasteiger partial charge in [-0.05, 0) is 12.0 Å². The molecule has 1 rings (SSSR count). The topological polar surface area (TPSA) is 9.23 Å². The van der Waals surface area contributed by atoms with Crippen LogP contribution in [0.2, 0.25) is 0 Å². The van der Waals surface area contributed by atoms with Crippen molar-refractivity contribution >= 4 is 0 Å². The Morgan fingerprint density at radius 1 is 1.19 bits per heavy atom. The van der Waals surface area contributed by atoms with E-state index in [1.165, 1.54) is 5.56 Å². The summed E-state index contributed by atoms with van der Waals surface area (Å²) >= 11 is 0. The van der Waals surface area contributed by atoms with Crippen molar-refractivity contribution in [1.82, 2.24) is 0 Å². The zero-order chi connectivity index (χ0) is 11.8. The van der Waals surface area contributed by atoms with E-state index in [0.717, 1.165) is 6.42 Å². The Labute approximate surface area is 98.5 Å². The van der Waals surface area contributed by atoms with Gasteiger partial charge in [0.2, 0.25) is 0 Å². The van der Waals surface area contributed by atoms with Crippen LogP contribution in [0.3, 0.4) is 0 Å². The largest absolute Gasteiger partial charge is 0.373 e. The fourth-order valence-electron chi connectivity index (χ4n) is 1.74. The average Bonchev–Trinajstić information content (AvgIpc) is 2.35. The van der Waals surface area contributed by atoms with E-state index in [9.17, 15) is 0 Å². The molecule has 0 amide bonds. The lowest BCUT2D eigenvalue weighted by atomic mass is 9.93. The molecule has 0 spiro atoms. The van der Waals surface area contributed by atoms with Gasteiger partial charge in [-0.3, -0.25) is 0 Å². The lowest BCUT2D eigenvalue weighted by molar-refractivity contribution is 0.0596. The van der Waals surface area contributed by atoms with Gasteiger partial charge in [-0.15, -0.1) is 13.2 Å². The molecule has 0 aliphatic carbocycles. The highest BCUT2D eigenvalue weighted by atomic mass is 16.5. The summed E-state index contributed by atoms with van der Waals surface area (Å²) in [7, 11) is 0. The average molecular weight is 216 g/mol. The summed E-state index contributed by atoms with van der Waals surface area (Å²) in [5.74, 6) is 0.374. The zero-order valence-corrected chi connectivity index (χ0v) is 9.93. The molecule has 0 bridgehead atoms. The van der Waals surface area contributed by atoms with Crippen molar-refractivity contribution < 1.29 is 4.74 Å². The summed E-state index contributed by atoms with van der Waals surface area (Å²) in [5, 5.41) is 0. The highest BCUT2D eigenvalue weighted by molar-refractivity contribution is 5.20. The summed E-state index contributed by atoms with van der Waals surface area (Å²) in [6, 6.07) is 10.4. The minimum absolute atomic E-state index is 0.179. The molecule has 0 heterocycles. The van der Waals surface area contributed by atoms with Crippen LogP contribution >= 0.6 is 0 Å². The van der Waals surface area contributed by atoms with Crippen molar-refractivity contribution in [2.45, 2.75) is 25.4 Å². The van der Waals surface area contributed by atoms with Crippen molar-refractivity contribution in [3.63, 3.8) is 0 Å². The van der Waals surface area contributed by atoms with Gasteiger partial charge in [0, 0.05) is 5.92 Å². The number of hydrogen-bond acceptors (Lipinski definition) is 1. The molecule has 2 atom stereocenters. The van der Waals surface area contributed by atoms with Gasteiger partial charge in [0.05, 0.1) is 12.7 Å². The van der Waals surface area contributed by atoms with Gasteiger partial charge in [0.25, 0.3) is 0 Å². The van der Waals surface area contributed by atoms with Gasteiger partial charge in [0.15, 0.2) is 0 Å². The van der Waals surface area contributed by atoms with Crippen LogP contribution in [0.25, 0.3) is 0 Å². The third-order valence-electron chi connectivity index (χ3n) is 2.71. The smallest absolute Gasteiger partial charge is 0.0679 e. The van der Waals surface area contributed by atoms with Crippen molar-refractivity contribution in [1.29, 1.82) is 0 Å². The maximum Gasteiger partial charge on any atom is 0.0679 e. The molecular weight excluding hydrogens is 196 g/mol. The Bertz CT molecular complexity index is 315. The molecule has 1 nitrogen and oxygen atoms in total. The maximum absolute atomic E-state index is 5.76. The van der Waals surface area contributed by atoms with Crippen LogP contribution in [0, 0.1) is 0 Å². The summed E-state index contributed by atoms with van der Waals surface area (Å²) in [6.45, 7) is 10.2. The molecule has 0 N–H and O–H groups in total. The van der Waals surface area contributed by atoms with Crippen molar-refractivity contribution in [3.05, 3.63) is 61.2 Å². The molecule has 86 valence electrons. The fraction of sp³-hybridized carbons (Fsp3) is 0.333. The van der Waals surface area contributed by atoms with Gasteiger partial charge in [-0.25, -0.2) is 0 Å². The lowest BCUT2D eigenvalue weighted by Crippen LogP contribution is -2.20. The predicted octanol–water partition coefficient (Wildman–Crippen LogP) is 3.94. The van der Waals surface area contributed by atoms with Crippen LogP contribution < -0.4 is 0 Å². The van der Waals surface area contributed by atoms with E-state index < -0.39 is 0 Å². The monoisotopic (exact) mass is 216 g/mol. The summed E-state index contributed by atoms with van der Waals surface area (Å²) < 4.78 is 5.76. The molecule has 0 radical (unpaired) electrons. The first kappa shape index (κ1) is 12.7. The van der Waals surface area contributed by atoms with Crippen LogP contribution in [0.5, 0.6) is 0 Å². The highest BCUT2D eigenvalue weighted by Crippen LogP contribution is 2.23. The molecule has 1 aromatic rings. The molecule has 16 heavy (non-hydrogen) atoms. The van der Waals surface area contributed by atoms with E-state index >= 15 is 0 Å². The van der Waals surface area contributed by atoms with Gasteiger partial charge < -0.3 is 4.74 Å². The second-order valence-electron chi connectivity index (χ2n) is 3.88. The summed E-state index contributed by atoms with van der Waals surface area (Å²) in [5.41, 5.74) is 1.30. The van der Waals surface area contributed by atoms with E-state index in [0.29, 0.717) is 12.5 Å². The molecule has 0 saturated heterocycles. The fourth-order valence-corrected chi connectivity index (χ4v) is 1.74. The normalized spacial score (nSPS) is 14.1. The Morgan fingerprint density at radius 3 is 2.44 bits per heavy atom. The molecule has 1 unspecified atom stereocenters. The number of hydrogen-bond donors (Lipinski definition) is 0. The molecule has 0 aliphatic rings. The number of ether oxygens (including phenoxy) is 1. The minimum atomic E-state index is 0.179. The first-order chi connectivity index (χ1) is 7.79. The molecule has 0 aliphatic heterocycles. The SMILES string of the molecule is C=CCO[C@H](CC=C)C(C)c1ccccc1. The van der Waals surface area contributed by atoms with E-state index in [1.807, 2.05) is 12.1 Å². The predicted molar refractivity (Wildman–Crippen MR) is 69.6 cm³/mol. The van der Waals surface area contributed by atoms with E-state index in [2.05, 4.69) is 44.3 Å². The third kappa shape index (κ3) is 3.67. The van der Waals surface area contributed by atoms with Crippen molar-refractivity contribution in [2.24, 2.45) is 0 Å². The lowest BCUT2D eigenvalue weighted by Gasteiger charge is -2.23. The summed E-state index contributed by atoms with van der Waals surface area (Å²) in [4.78, 5) is 0. The highest BCUT2D eigenvalue weighted by Gasteiger charge is 2.17. The summed E-state index contributed by atoms with van der Waals surface area (Å²) in [6.07, 6.45) is 4.74. The van der Waals surface area contributed by atoms with Crippen LogP contribution in [0.4, 0.5) is 0 Å². The molecule has 0 fully saturated rings. The molecule has 1 aromatic carbocycles. The molecule has 1 heteroatoms. The standard InChI is InChI=1S/C15H20O/c1-4-9-15(16-12-5-2)13(3)14-10-7-6-8-11-14/h4-8,10-11,13,15H,1-2,9,12H2,3H3/t13?,15-/m1/s1. The van der Waals surface area contributed by atoms with Crippen LogP contribution in [-0.2, 0) is 4.74 Å². The van der Waals surface area contributed by atoms with Gasteiger partial charge in [0.1, 0.15) is 0 Å². The Hall–Kier alpha value is -1.34. The Morgan fingerprint density at radius 2 is 1.88 bits per heavy atom. The second kappa shape index (κ2) is 7.02. The minimum Gasteiger partial charge on any atom is -0.373 e. The Balaban J connectivity index is 2.69. The van der Waals surface area contributed by atoms with Crippen molar-refractivity contribution in [3.8, 4) is 0 Å². The van der Waals surface area contributed by atoms with E-state index in [1.54, 1.807) is 6.08 Å². The number of rotatable bonds is 7. The first-order valence-corrected chi connectivity index (χ1v) is 5.68. The Kier molecular flexibility index (Phi) is 5.58. The van der Waals surface area contributed by atoms with Gasteiger partial charge in [-0.2, -0.15) is 0 Å². The van der Waals surface area contributed by atoms with E-state index in [4.69, 9.17) is 4.74 Å². The quantitative estimate of drug-likeness (QED) is 0.627. The van der Waals surface area contributed by atoms with Crippen LogP contribution in [-0.4, -0.2) is 12.7 Å². The van der Waals surface area contributed by atoms with Gasteiger partial charge in [-0.1, -0.05) is 49.4 Å². The molecule has 0 aromatic heterocycles. The third-order valence-corrected chi connectivity index (χ3v) is 2.71. The van der Waals surface area contributed by atoms with Crippen molar-refractivity contribution in [2.75, 3.05) is 6.61 Å². The van der Waals surface area contributed by atoms with Crippen LogP contribution in [0.15, 0.2) is 55.6 Å². The zero-order valence-electron chi connectivity index (χ0n) is 9.93. The first-order valence-electron chi connectivity index (χ1n) is 5.68.